The van der Waals surface area contributed by atoms with Crippen molar-refractivity contribution >= 4 is 5.69 Å². The number of nitrogens with one attached hydrogen (secondary N) is 2. The molecular formula is C15H24N2O. The van der Waals surface area contributed by atoms with Gasteiger partial charge in [0.05, 0.1) is 6.10 Å². The SMILES string of the molecule is CC(C)Oc1ccc(NC2CCCNCC2)cc1. The molecule has 1 aliphatic rings. The van der Waals surface area contributed by atoms with E-state index < -0.39 is 0 Å². The van der Waals surface area contributed by atoms with E-state index >= 15 is 0 Å². The Balaban J connectivity index is 1.88. The fourth-order valence-electron chi connectivity index (χ4n) is 2.30. The van der Waals surface area contributed by atoms with Crippen LogP contribution in [0.4, 0.5) is 5.69 Å². The summed E-state index contributed by atoms with van der Waals surface area (Å²) in [5.74, 6) is 0.943. The first-order chi connectivity index (χ1) is 8.74. The number of anilines is 1. The average molecular weight is 248 g/mol. The molecule has 1 aliphatic heterocycles. The standard InChI is InChI=1S/C15H24N2O/c1-12(2)18-15-7-5-14(6-8-15)17-13-4-3-10-16-11-9-13/h5-8,12-13,16-17H,3-4,9-11H2,1-2H3. The highest BCUT2D eigenvalue weighted by molar-refractivity contribution is 5.47. The Hall–Kier alpha value is -1.22. The molecule has 1 aromatic carbocycles. The van der Waals surface area contributed by atoms with E-state index in [-0.39, 0.29) is 6.10 Å². The first-order valence-corrected chi connectivity index (χ1v) is 6.98. The Morgan fingerprint density at radius 3 is 2.67 bits per heavy atom. The van der Waals surface area contributed by atoms with Gasteiger partial charge >= 0.3 is 0 Å². The molecule has 0 radical (unpaired) electrons. The summed E-state index contributed by atoms with van der Waals surface area (Å²) in [6.07, 6.45) is 3.94. The van der Waals surface area contributed by atoms with Crippen LogP contribution in [-0.2, 0) is 0 Å². The summed E-state index contributed by atoms with van der Waals surface area (Å²) in [6.45, 7) is 6.36. The molecule has 1 aromatic rings. The lowest BCUT2D eigenvalue weighted by Gasteiger charge is -2.18. The zero-order valence-corrected chi connectivity index (χ0v) is 11.4. The predicted octanol–water partition coefficient (Wildman–Crippen LogP) is 3.03. The quantitative estimate of drug-likeness (QED) is 0.859. The molecule has 100 valence electrons. The molecule has 18 heavy (non-hydrogen) atoms. The van der Waals surface area contributed by atoms with Crippen LogP contribution in [0.15, 0.2) is 24.3 Å². The zero-order chi connectivity index (χ0) is 12.8. The van der Waals surface area contributed by atoms with Gasteiger partial charge in [-0.25, -0.2) is 0 Å². The molecule has 1 unspecified atom stereocenters. The van der Waals surface area contributed by atoms with Crippen molar-refractivity contribution in [1.82, 2.24) is 5.32 Å². The van der Waals surface area contributed by atoms with E-state index in [0.717, 1.165) is 18.8 Å². The van der Waals surface area contributed by atoms with Crippen molar-refractivity contribution in [2.24, 2.45) is 0 Å². The van der Waals surface area contributed by atoms with Crippen molar-refractivity contribution in [3.63, 3.8) is 0 Å². The zero-order valence-electron chi connectivity index (χ0n) is 11.4. The van der Waals surface area contributed by atoms with Crippen LogP contribution in [-0.4, -0.2) is 25.2 Å². The van der Waals surface area contributed by atoms with Crippen molar-refractivity contribution in [2.75, 3.05) is 18.4 Å². The molecule has 0 spiro atoms. The second-order valence-corrected chi connectivity index (χ2v) is 5.21. The lowest BCUT2D eigenvalue weighted by atomic mass is 10.1. The maximum atomic E-state index is 5.64. The molecule has 0 saturated carbocycles. The summed E-state index contributed by atoms with van der Waals surface area (Å²) < 4.78 is 5.64. The number of hydrogen-bond acceptors (Lipinski definition) is 3. The minimum Gasteiger partial charge on any atom is -0.491 e. The van der Waals surface area contributed by atoms with E-state index in [9.17, 15) is 0 Å². The Bertz CT molecular complexity index is 340. The topological polar surface area (TPSA) is 33.3 Å². The molecule has 0 bridgehead atoms. The molecular weight excluding hydrogens is 224 g/mol. The molecule has 0 amide bonds. The third-order valence-electron chi connectivity index (χ3n) is 3.17. The van der Waals surface area contributed by atoms with Gasteiger partial charge in [-0.05, 0) is 70.5 Å². The van der Waals surface area contributed by atoms with Gasteiger partial charge in [0.25, 0.3) is 0 Å². The Morgan fingerprint density at radius 1 is 1.17 bits per heavy atom. The summed E-state index contributed by atoms with van der Waals surface area (Å²) in [6, 6.07) is 8.89. The van der Waals surface area contributed by atoms with Crippen molar-refractivity contribution in [3.8, 4) is 5.75 Å². The van der Waals surface area contributed by atoms with Crippen LogP contribution in [0.25, 0.3) is 0 Å². The van der Waals surface area contributed by atoms with Gasteiger partial charge in [0.2, 0.25) is 0 Å². The molecule has 1 fully saturated rings. The molecule has 3 heteroatoms. The second-order valence-electron chi connectivity index (χ2n) is 5.21. The van der Waals surface area contributed by atoms with Crippen LogP contribution < -0.4 is 15.4 Å². The number of rotatable bonds is 4. The van der Waals surface area contributed by atoms with Crippen LogP contribution in [0.3, 0.4) is 0 Å². The normalized spacial score (nSPS) is 20.5. The monoisotopic (exact) mass is 248 g/mol. The third-order valence-corrected chi connectivity index (χ3v) is 3.17. The minimum atomic E-state index is 0.233. The molecule has 0 aromatic heterocycles. The lowest BCUT2D eigenvalue weighted by molar-refractivity contribution is 0.242. The highest BCUT2D eigenvalue weighted by Crippen LogP contribution is 2.19. The lowest BCUT2D eigenvalue weighted by Crippen LogP contribution is -2.21. The smallest absolute Gasteiger partial charge is 0.119 e. The van der Waals surface area contributed by atoms with Crippen molar-refractivity contribution in [1.29, 1.82) is 0 Å². The number of ether oxygens (including phenoxy) is 1. The molecule has 2 rings (SSSR count). The van der Waals surface area contributed by atoms with Crippen molar-refractivity contribution in [3.05, 3.63) is 24.3 Å². The van der Waals surface area contributed by atoms with E-state index in [1.807, 2.05) is 26.0 Å². The summed E-state index contributed by atoms with van der Waals surface area (Å²) >= 11 is 0. The van der Waals surface area contributed by atoms with Crippen LogP contribution in [0.2, 0.25) is 0 Å². The van der Waals surface area contributed by atoms with E-state index in [0.29, 0.717) is 6.04 Å². The first-order valence-electron chi connectivity index (χ1n) is 6.98. The molecule has 2 N–H and O–H groups in total. The van der Waals surface area contributed by atoms with E-state index in [2.05, 4.69) is 22.8 Å². The number of hydrogen-bond donors (Lipinski definition) is 2. The Morgan fingerprint density at radius 2 is 1.94 bits per heavy atom. The largest absolute Gasteiger partial charge is 0.491 e. The maximum Gasteiger partial charge on any atom is 0.119 e. The molecule has 3 nitrogen and oxygen atoms in total. The Labute approximate surface area is 110 Å². The van der Waals surface area contributed by atoms with E-state index in [4.69, 9.17) is 4.74 Å². The summed E-state index contributed by atoms with van der Waals surface area (Å²) in [4.78, 5) is 0. The van der Waals surface area contributed by atoms with Gasteiger partial charge in [-0.1, -0.05) is 0 Å². The summed E-state index contributed by atoms with van der Waals surface area (Å²) in [5, 5.41) is 7.04. The van der Waals surface area contributed by atoms with Crippen LogP contribution in [0, 0.1) is 0 Å². The maximum absolute atomic E-state index is 5.64. The molecule has 0 aliphatic carbocycles. The fraction of sp³-hybridized carbons (Fsp3) is 0.600. The van der Waals surface area contributed by atoms with Crippen molar-refractivity contribution in [2.45, 2.75) is 45.3 Å². The fourth-order valence-corrected chi connectivity index (χ4v) is 2.30. The van der Waals surface area contributed by atoms with Gasteiger partial charge in [-0.2, -0.15) is 0 Å². The minimum absolute atomic E-state index is 0.233. The van der Waals surface area contributed by atoms with E-state index in [1.54, 1.807) is 0 Å². The van der Waals surface area contributed by atoms with Gasteiger partial charge in [0.1, 0.15) is 5.75 Å². The van der Waals surface area contributed by atoms with E-state index in [1.165, 1.54) is 24.9 Å². The first kappa shape index (κ1) is 13.2. The molecule has 1 saturated heterocycles. The second kappa shape index (κ2) is 6.64. The average Bonchev–Trinajstić information content (AvgIpc) is 2.60. The molecule has 1 heterocycles. The van der Waals surface area contributed by atoms with Gasteiger partial charge in [0, 0.05) is 11.7 Å². The van der Waals surface area contributed by atoms with Gasteiger partial charge in [0.15, 0.2) is 0 Å². The van der Waals surface area contributed by atoms with Crippen LogP contribution in [0.1, 0.15) is 33.1 Å². The van der Waals surface area contributed by atoms with Gasteiger partial charge in [-0.3, -0.25) is 0 Å². The van der Waals surface area contributed by atoms with Crippen molar-refractivity contribution < 1.29 is 4.74 Å². The summed E-state index contributed by atoms with van der Waals surface area (Å²) in [7, 11) is 0. The predicted molar refractivity (Wildman–Crippen MR) is 76.3 cm³/mol. The third kappa shape index (κ3) is 4.22. The highest BCUT2D eigenvalue weighted by atomic mass is 16.5. The summed E-state index contributed by atoms with van der Waals surface area (Å²) in [5.41, 5.74) is 1.19. The van der Waals surface area contributed by atoms with Gasteiger partial charge < -0.3 is 15.4 Å². The van der Waals surface area contributed by atoms with Crippen LogP contribution >= 0.6 is 0 Å². The Kier molecular flexibility index (Phi) is 4.88. The van der Waals surface area contributed by atoms with Crippen LogP contribution in [0.5, 0.6) is 5.75 Å². The number of benzene rings is 1. The van der Waals surface area contributed by atoms with Gasteiger partial charge in [-0.15, -0.1) is 0 Å². The highest BCUT2D eigenvalue weighted by Gasteiger charge is 2.11. The molecule has 1 atom stereocenters.